The molecule has 0 bridgehead atoms. The van der Waals surface area contributed by atoms with Crippen LogP contribution in [0.2, 0.25) is 0 Å². The Kier molecular flexibility index (Phi) is 11.7. The lowest BCUT2D eigenvalue weighted by atomic mass is 9.93. The summed E-state index contributed by atoms with van der Waals surface area (Å²) >= 11 is 5.51. The molecule has 4 rings (SSSR count). The predicted molar refractivity (Wildman–Crippen MR) is 170 cm³/mol. The van der Waals surface area contributed by atoms with Crippen molar-refractivity contribution in [1.82, 2.24) is 26.2 Å². The lowest BCUT2D eigenvalue weighted by molar-refractivity contribution is -0.143. The van der Waals surface area contributed by atoms with Crippen molar-refractivity contribution in [2.75, 3.05) is 20.2 Å². The van der Waals surface area contributed by atoms with Crippen LogP contribution in [0.4, 0.5) is 0 Å². The number of nitrogens with zero attached hydrogens (tertiary/aromatic N) is 1. The molecule has 2 aromatic carbocycles. The van der Waals surface area contributed by atoms with Gasteiger partial charge in [0.2, 0.25) is 17.7 Å². The number of nitrogens with one attached hydrogen (secondary N) is 4. The van der Waals surface area contributed by atoms with Gasteiger partial charge in [-0.05, 0) is 74.0 Å². The molecule has 0 radical (unpaired) electrons. The molecule has 2 aliphatic rings. The summed E-state index contributed by atoms with van der Waals surface area (Å²) in [5, 5.41) is 12.9. The molecule has 0 aliphatic carbocycles. The summed E-state index contributed by atoms with van der Waals surface area (Å²) in [6, 6.07) is 15.5. The van der Waals surface area contributed by atoms with Gasteiger partial charge < -0.3 is 36.6 Å². The normalized spacial score (nSPS) is 22.1. The van der Waals surface area contributed by atoms with E-state index in [0.717, 1.165) is 29.7 Å². The van der Waals surface area contributed by atoms with E-state index in [-0.39, 0.29) is 29.7 Å². The summed E-state index contributed by atoms with van der Waals surface area (Å²) < 4.78 is 5.21. The molecule has 0 unspecified atom stereocenters. The molecule has 2 fully saturated rings. The van der Waals surface area contributed by atoms with Crippen molar-refractivity contribution in [3.8, 4) is 5.75 Å². The predicted octanol–water partition coefficient (Wildman–Crippen LogP) is 2.01. The van der Waals surface area contributed by atoms with Crippen molar-refractivity contribution < 1.29 is 19.1 Å². The van der Waals surface area contributed by atoms with Gasteiger partial charge in [0.05, 0.1) is 13.2 Å². The molecule has 0 aromatic heterocycles. The van der Waals surface area contributed by atoms with Gasteiger partial charge in [-0.3, -0.25) is 14.4 Å². The van der Waals surface area contributed by atoms with Crippen molar-refractivity contribution in [2.24, 2.45) is 11.7 Å². The molecule has 10 nitrogen and oxygen atoms in total. The molecule has 2 heterocycles. The Morgan fingerprint density at radius 2 is 1.72 bits per heavy atom. The molecule has 232 valence electrons. The van der Waals surface area contributed by atoms with Crippen molar-refractivity contribution in [1.29, 1.82) is 0 Å². The number of methoxy groups -OCH3 is 1. The number of fused-ring (bicyclic) bond motifs is 1. The summed E-state index contributed by atoms with van der Waals surface area (Å²) in [5.41, 5.74) is 8.21. The number of carbonyl (C=O) groups excluding carboxylic acids is 3. The quantitative estimate of drug-likeness (QED) is 0.231. The zero-order valence-electron chi connectivity index (χ0n) is 25.0. The minimum Gasteiger partial charge on any atom is -0.497 e. The molecule has 0 saturated carbocycles. The van der Waals surface area contributed by atoms with Crippen molar-refractivity contribution >= 4 is 35.1 Å². The van der Waals surface area contributed by atoms with Gasteiger partial charge in [-0.2, -0.15) is 0 Å². The lowest BCUT2D eigenvalue weighted by Crippen LogP contribution is -2.59. The van der Waals surface area contributed by atoms with Gasteiger partial charge in [-0.1, -0.05) is 49.4 Å². The highest BCUT2D eigenvalue weighted by atomic mass is 32.1. The lowest BCUT2D eigenvalue weighted by Gasteiger charge is -2.32. The third kappa shape index (κ3) is 8.67. The third-order valence-electron chi connectivity index (χ3n) is 8.43. The van der Waals surface area contributed by atoms with E-state index in [1.54, 1.807) is 12.0 Å². The monoisotopic (exact) mass is 608 g/mol. The van der Waals surface area contributed by atoms with E-state index in [0.29, 0.717) is 50.4 Å². The van der Waals surface area contributed by atoms with Crippen LogP contribution < -0.4 is 31.7 Å². The zero-order chi connectivity index (χ0) is 30.8. The minimum atomic E-state index is -0.813. The van der Waals surface area contributed by atoms with Crippen molar-refractivity contribution in [3.63, 3.8) is 0 Å². The number of thiocarbonyl (C=S) groups is 1. The highest BCUT2D eigenvalue weighted by molar-refractivity contribution is 7.80. The van der Waals surface area contributed by atoms with Crippen LogP contribution in [0.1, 0.15) is 50.2 Å². The summed E-state index contributed by atoms with van der Waals surface area (Å²) in [5.74, 6) is -0.204. The number of amides is 3. The molecular weight excluding hydrogens is 564 g/mol. The maximum Gasteiger partial charge on any atom is 0.246 e. The van der Waals surface area contributed by atoms with Crippen LogP contribution in [-0.4, -0.2) is 72.1 Å². The number of hydrogen-bond acceptors (Lipinski definition) is 6. The number of rotatable bonds is 12. The Bertz CT molecular complexity index is 1240. The Balaban J connectivity index is 1.40. The fourth-order valence-electron chi connectivity index (χ4n) is 5.84. The van der Waals surface area contributed by atoms with E-state index in [1.165, 1.54) is 0 Å². The van der Waals surface area contributed by atoms with E-state index in [9.17, 15) is 14.4 Å². The molecule has 2 aromatic rings. The minimum absolute atomic E-state index is 0.0581. The number of ether oxygens (including phenoxy) is 1. The average Bonchev–Trinajstić information content (AvgIpc) is 3.42. The second-order valence-corrected chi connectivity index (χ2v) is 11.7. The van der Waals surface area contributed by atoms with Crippen LogP contribution in [0, 0.1) is 5.92 Å². The number of nitrogens with two attached hydrogens (primary N) is 1. The van der Waals surface area contributed by atoms with E-state index in [1.807, 2.05) is 61.5 Å². The van der Waals surface area contributed by atoms with Gasteiger partial charge in [0.25, 0.3) is 0 Å². The topological polar surface area (TPSA) is 138 Å². The molecule has 2 saturated heterocycles. The molecular formula is C32H44N6O4S. The fourth-order valence-corrected chi connectivity index (χ4v) is 6.00. The average molecular weight is 609 g/mol. The number of benzene rings is 2. The SMILES string of the molecule is CC[C@H](N)C(=O)N[C@@H]1C(=O)N2[C@@H](CC[C@@H]1CNC(=S)NCc1ccccc1)CC[C@H]2C(=O)NCCc1ccc(OC)cc1. The van der Waals surface area contributed by atoms with Crippen LogP contribution in [-0.2, 0) is 27.3 Å². The highest BCUT2D eigenvalue weighted by Gasteiger charge is 2.47. The first-order chi connectivity index (χ1) is 20.8. The van der Waals surface area contributed by atoms with Crippen LogP contribution in [0.5, 0.6) is 5.75 Å². The Hall–Kier alpha value is -3.70. The highest BCUT2D eigenvalue weighted by Crippen LogP contribution is 2.34. The van der Waals surface area contributed by atoms with Gasteiger partial charge in [-0.15, -0.1) is 0 Å². The van der Waals surface area contributed by atoms with Crippen LogP contribution in [0.15, 0.2) is 54.6 Å². The number of hydrogen-bond donors (Lipinski definition) is 5. The second-order valence-electron chi connectivity index (χ2n) is 11.3. The maximum absolute atomic E-state index is 14.1. The molecule has 5 atom stereocenters. The van der Waals surface area contributed by atoms with Crippen LogP contribution in [0.3, 0.4) is 0 Å². The Labute approximate surface area is 259 Å². The first-order valence-electron chi connectivity index (χ1n) is 15.1. The van der Waals surface area contributed by atoms with Gasteiger partial charge in [0, 0.05) is 31.6 Å². The Morgan fingerprint density at radius 1 is 1.00 bits per heavy atom. The first-order valence-corrected chi connectivity index (χ1v) is 15.6. The largest absolute Gasteiger partial charge is 0.497 e. The van der Waals surface area contributed by atoms with E-state index >= 15 is 0 Å². The molecule has 3 amide bonds. The van der Waals surface area contributed by atoms with Crippen LogP contribution in [0.25, 0.3) is 0 Å². The van der Waals surface area contributed by atoms with Crippen molar-refractivity contribution in [2.45, 2.75) is 76.2 Å². The fraction of sp³-hybridized carbons (Fsp3) is 0.500. The standard InChI is InChI=1S/C32H44N6O4S/c1-3-26(33)29(39)37-28-23(20-36-32(43)35-19-22-7-5-4-6-8-22)11-12-24-13-16-27(38(24)31(28)41)30(40)34-18-17-21-9-14-25(42-2)15-10-21/h4-10,14-15,23-24,26-28H,3,11-13,16-20,33H2,1-2H3,(H,34,40)(H,37,39)(H2,35,36,43)/t23-,24+,26+,27+,28+/m1/s1. The third-order valence-corrected chi connectivity index (χ3v) is 8.72. The summed E-state index contributed by atoms with van der Waals surface area (Å²) in [6.07, 6.45) is 3.89. The summed E-state index contributed by atoms with van der Waals surface area (Å²) in [7, 11) is 1.63. The summed E-state index contributed by atoms with van der Waals surface area (Å²) in [6.45, 7) is 3.27. The van der Waals surface area contributed by atoms with Gasteiger partial charge in [0.15, 0.2) is 5.11 Å². The molecule has 11 heteroatoms. The maximum atomic E-state index is 14.1. The smallest absolute Gasteiger partial charge is 0.246 e. The summed E-state index contributed by atoms with van der Waals surface area (Å²) in [4.78, 5) is 42.1. The van der Waals surface area contributed by atoms with Gasteiger partial charge >= 0.3 is 0 Å². The molecule has 2 aliphatic heterocycles. The van der Waals surface area contributed by atoms with Crippen LogP contribution >= 0.6 is 12.2 Å². The second kappa shape index (κ2) is 15.7. The van der Waals surface area contributed by atoms with Crippen molar-refractivity contribution in [3.05, 3.63) is 65.7 Å². The number of carbonyl (C=O) groups is 3. The van der Waals surface area contributed by atoms with Gasteiger partial charge in [0.1, 0.15) is 17.8 Å². The zero-order valence-corrected chi connectivity index (χ0v) is 25.8. The van der Waals surface area contributed by atoms with E-state index in [4.69, 9.17) is 22.7 Å². The first kappa shape index (κ1) is 32.2. The van der Waals surface area contributed by atoms with E-state index in [2.05, 4.69) is 21.3 Å². The Morgan fingerprint density at radius 3 is 2.42 bits per heavy atom. The molecule has 0 spiro atoms. The van der Waals surface area contributed by atoms with E-state index < -0.39 is 18.1 Å². The molecule has 6 N–H and O–H groups in total. The molecule has 43 heavy (non-hydrogen) atoms. The van der Waals surface area contributed by atoms with Gasteiger partial charge in [-0.25, -0.2) is 0 Å².